The van der Waals surface area contributed by atoms with Gasteiger partial charge < -0.3 is 19.7 Å². The summed E-state index contributed by atoms with van der Waals surface area (Å²) in [4.78, 5) is 14.6. The number of methoxy groups -OCH3 is 1. The van der Waals surface area contributed by atoms with Crippen molar-refractivity contribution in [3.63, 3.8) is 0 Å². The Bertz CT molecular complexity index is 734. The monoisotopic (exact) mass is 370 g/mol. The lowest BCUT2D eigenvalue weighted by Gasteiger charge is -2.32. The molecule has 0 bridgehead atoms. The standard InChI is InChI=1S/C20H26N4O3/c1-15-5-10-19(23-22-15)24-12-3-4-16(14-24)20(25)21-11-13-27-18-8-6-17(26-2)7-9-18/h5-10,16H,3-4,11-14H2,1-2H3,(H,21,25). The van der Waals surface area contributed by atoms with Crippen molar-refractivity contribution < 1.29 is 14.3 Å². The molecule has 27 heavy (non-hydrogen) atoms. The number of anilines is 1. The van der Waals surface area contributed by atoms with E-state index in [0.717, 1.165) is 42.4 Å². The van der Waals surface area contributed by atoms with E-state index in [0.29, 0.717) is 19.7 Å². The average molecular weight is 370 g/mol. The first-order chi connectivity index (χ1) is 13.2. The molecule has 0 aliphatic carbocycles. The first-order valence-corrected chi connectivity index (χ1v) is 9.25. The Kier molecular flexibility index (Phi) is 6.46. The fraction of sp³-hybridized carbons (Fsp3) is 0.450. The zero-order valence-corrected chi connectivity index (χ0v) is 15.9. The van der Waals surface area contributed by atoms with Crippen molar-refractivity contribution in [3.8, 4) is 11.5 Å². The van der Waals surface area contributed by atoms with Crippen LogP contribution in [0.3, 0.4) is 0 Å². The first kappa shape index (κ1) is 18.9. The van der Waals surface area contributed by atoms with Crippen LogP contribution >= 0.6 is 0 Å². The zero-order valence-electron chi connectivity index (χ0n) is 15.9. The summed E-state index contributed by atoms with van der Waals surface area (Å²) in [6, 6.07) is 11.3. The Hall–Kier alpha value is -2.83. The van der Waals surface area contributed by atoms with Crippen LogP contribution in [-0.4, -0.2) is 49.5 Å². The third-order valence-corrected chi connectivity index (χ3v) is 4.63. The SMILES string of the molecule is COc1ccc(OCCNC(=O)C2CCCN(c3ccc(C)nn3)C2)cc1. The predicted molar refractivity (Wildman–Crippen MR) is 103 cm³/mol. The van der Waals surface area contributed by atoms with Crippen molar-refractivity contribution in [1.82, 2.24) is 15.5 Å². The highest BCUT2D eigenvalue weighted by Crippen LogP contribution is 2.21. The number of carbonyl (C=O) groups is 1. The minimum atomic E-state index is -0.0390. The molecule has 0 radical (unpaired) electrons. The van der Waals surface area contributed by atoms with Gasteiger partial charge >= 0.3 is 0 Å². The van der Waals surface area contributed by atoms with Crippen LogP contribution in [0.1, 0.15) is 18.5 Å². The largest absolute Gasteiger partial charge is 0.497 e. The minimum Gasteiger partial charge on any atom is -0.497 e. The lowest BCUT2D eigenvalue weighted by molar-refractivity contribution is -0.125. The van der Waals surface area contributed by atoms with Gasteiger partial charge in [-0.1, -0.05) is 0 Å². The maximum atomic E-state index is 12.5. The summed E-state index contributed by atoms with van der Waals surface area (Å²) in [5, 5.41) is 11.3. The molecule has 0 saturated carbocycles. The van der Waals surface area contributed by atoms with Crippen LogP contribution < -0.4 is 19.7 Å². The number of aromatic nitrogens is 2. The highest BCUT2D eigenvalue weighted by molar-refractivity contribution is 5.79. The summed E-state index contributed by atoms with van der Waals surface area (Å²) in [5.41, 5.74) is 0.891. The quantitative estimate of drug-likeness (QED) is 0.753. The number of piperidine rings is 1. The second kappa shape index (κ2) is 9.21. The zero-order chi connectivity index (χ0) is 19.1. The van der Waals surface area contributed by atoms with E-state index in [4.69, 9.17) is 9.47 Å². The molecule has 1 amide bonds. The smallest absolute Gasteiger partial charge is 0.225 e. The van der Waals surface area contributed by atoms with E-state index in [-0.39, 0.29) is 11.8 Å². The summed E-state index contributed by atoms with van der Waals surface area (Å²) in [5.74, 6) is 2.41. The van der Waals surface area contributed by atoms with Gasteiger partial charge in [-0.2, -0.15) is 5.10 Å². The molecule has 3 rings (SSSR count). The molecule has 2 heterocycles. The third-order valence-electron chi connectivity index (χ3n) is 4.63. The Morgan fingerprint density at radius 2 is 1.96 bits per heavy atom. The van der Waals surface area contributed by atoms with Crippen LogP contribution in [0.2, 0.25) is 0 Å². The van der Waals surface area contributed by atoms with Crippen molar-refractivity contribution in [3.05, 3.63) is 42.1 Å². The Balaban J connectivity index is 1.42. The van der Waals surface area contributed by atoms with E-state index in [2.05, 4.69) is 20.4 Å². The van der Waals surface area contributed by atoms with Crippen LogP contribution in [0, 0.1) is 12.8 Å². The molecular weight excluding hydrogens is 344 g/mol. The number of aryl methyl sites for hydroxylation is 1. The number of hydrogen-bond acceptors (Lipinski definition) is 6. The molecule has 1 atom stereocenters. The van der Waals surface area contributed by atoms with Crippen LogP contribution in [0.5, 0.6) is 11.5 Å². The lowest BCUT2D eigenvalue weighted by Crippen LogP contribution is -2.44. The van der Waals surface area contributed by atoms with E-state index in [9.17, 15) is 4.79 Å². The van der Waals surface area contributed by atoms with Crippen LogP contribution in [-0.2, 0) is 4.79 Å². The molecule has 1 aromatic heterocycles. The fourth-order valence-corrected chi connectivity index (χ4v) is 3.12. The molecule has 144 valence electrons. The summed E-state index contributed by atoms with van der Waals surface area (Å²) < 4.78 is 10.8. The highest BCUT2D eigenvalue weighted by Gasteiger charge is 2.26. The molecule has 0 spiro atoms. The van der Waals surface area contributed by atoms with Gasteiger partial charge in [0.2, 0.25) is 5.91 Å². The van der Waals surface area contributed by atoms with Crippen LogP contribution in [0.15, 0.2) is 36.4 Å². The van der Waals surface area contributed by atoms with Gasteiger partial charge in [-0.25, -0.2) is 0 Å². The second-order valence-electron chi connectivity index (χ2n) is 6.63. The summed E-state index contributed by atoms with van der Waals surface area (Å²) in [6.07, 6.45) is 1.86. The number of rotatable bonds is 7. The van der Waals surface area contributed by atoms with Crippen molar-refractivity contribution in [1.29, 1.82) is 0 Å². The first-order valence-electron chi connectivity index (χ1n) is 9.25. The number of amides is 1. The molecular formula is C20H26N4O3. The molecule has 1 saturated heterocycles. The predicted octanol–water partition coefficient (Wildman–Crippen LogP) is 2.21. The van der Waals surface area contributed by atoms with Gasteiger partial charge in [0, 0.05) is 13.1 Å². The molecule has 1 aromatic carbocycles. The second-order valence-corrected chi connectivity index (χ2v) is 6.63. The Morgan fingerprint density at radius 3 is 2.67 bits per heavy atom. The topological polar surface area (TPSA) is 76.6 Å². The van der Waals surface area contributed by atoms with Crippen molar-refractivity contribution in [2.45, 2.75) is 19.8 Å². The van der Waals surface area contributed by atoms with E-state index in [1.54, 1.807) is 7.11 Å². The molecule has 7 heteroatoms. The molecule has 1 aliphatic rings. The van der Waals surface area contributed by atoms with E-state index in [1.165, 1.54) is 0 Å². The van der Waals surface area contributed by atoms with Gasteiger partial charge in [-0.05, 0) is 56.2 Å². The van der Waals surface area contributed by atoms with Gasteiger partial charge in [0.25, 0.3) is 0 Å². The van der Waals surface area contributed by atoms with E-state index in [1.807, 2.05) is 43.3 Å². The molecule has 2 aromatic rings. The fourth-order valence-electron chi connectivity index (χ4n) is 3.12. The minimum absolute atomic E-state index is 0.0390. The number of carbonyl (C=O) groups excluding carboxylic acids is 1. The normalized spacial score (nSPS) is 16.7. The van der Waals surface area contributed by atoms with E-state index < -0.39 is 0 Å². The molecule has 1 N–H and O–H groups in total. The van der Waals surface area contributed by atoms with Crippen molar-refractivity contribution in [2.24, 2.45) is 5.92 Å². The number of ether oxygens (including phenoxy) is 2. The van der Waals surface area contributed by atoms with Gasteiger partial charge in [0.05, 0.1) is 25.3 Å². The van der Waals surface area contributed by atoms with Crippen molar-refractivity contribution >= 4 is 11.7 Å². The van der Waals surface area contributed by atoms with Crippen molar-refractivity contribution in [2.75, 3.05) is 38.3 Å². The van der Waals surface area contributed by atoms with Gasteiger partial charge in [-0.15, -0.1) is 5.10 Å². The Morgan fingerprint density at radius 1 is 1.19 bits per heavy atom. The van der Waals surface area contributed by atoms with Gasteiger partial charge in [-0.3, -0.25) is 4.79 Å². The number of hydrogen-bond donors (Lipinski definition) is 1. The van der Waals surface area contributed by atoms with E-state index >= 15 is 0 Å². The highest BCUT2D eigenvalue weighted by atomic mass is 16.5. The number of nitrogens with one attached hydrogen (secondary N) is 1. The van der Waals surface area contributed by atoms with Crippen LogP contribution in [0.4, 0.5) is 5.82 Å². The lowest BCUT2D eigenvalue weighted by atomic mass is 9.97. The molecule has 1 unspecified atom stereocenters. The maximum absolute atomic E-state index is 12.5. The third kappa shape index (κ3) is 5.32. The summed E-state index contributed by atoms with van der Waals surface area (Å²) in [6.45, 7) is 4.39. The summed E-state index contributed by atoms with van der Waals surface area (Å²) in [7, 11) is 1.63. The number of benzene rings is 1. The Labute approximate surface area is 159 Å². The average Bonchev–Trinajstić information content (AvgIpc) is 2.72. The van der Waals surface area contributed by atoms with Crippen LogP contribution in [0.25, 0.3) is 0 Å². The van der Waals surface area contributed by atoms with Gasteiger partial charge in [0.1, 0.15) is 18.1 Å². The maximum Gasteiger partial charge on any atom is 0.225 e. The summed E-state index contributed by atoms with van der Waals surface area (Å²) >= 11 is 0. The van der Waals surface area contributed by atoms with Gasteiger partial charge in [0.15, 0.2) is 5.82 Å². The molecule has 1 fully saturated rings. The number of nitrogens with zero attached hydrogens (tertiary/aromatic N) is 3. The molecule has 7 nitrogen and oxygen atoms in total. The molecule has 1 aliphatic heterocycles.